The molecule has 0 bridgehead atoms. The summed E-state index contributed by atoms with van der Waals surface area (Å²) >= 11 is 0. The molecule has 2 aromatic carbocycles. The molecule has 120 valence electrons. The summed E-state index contributed by atoms with van der Waals surface area (Å²) in [4.78, 5) is 12.2. The predicted molar refractivity (Wildman–Crippen MR) is 90.9 cm³/mol. The third-order valence-electron chi connectivity index (χ3n) is 4.36. The van der Waals surface area contributed by atoms with Crippen LogP contribution in [-0.2, 0) is 4.79 Å². The highest BCUT2D eigenvalue weighted by Crippen LogP contribution is 2.40. The monoisotopic (exact) mass is 321 g/mol. The van der Waals surface area contributed by atoms with Crippen molar-refractivity contribution < 1.29 is 9.18 Å². The Hall–Kier alpha value is -2.95. The molecule has 1 aliphatic carbocycles. The quantitative estimate of drug-likeness (QED) is 0.720. The number of carbonyl (C=O) groups excluding carboxylic acids is 1. The van der Waals surface area contributed by atoms with Gasteiger partial charge < -0.3 is 5.32 Å². The number of fused-ring (bicyclic) bond motifs is 2. The van der Waals surface area contributed by atoms with E-state index in [0.717, 1.165) is 22.0 Å². The van der Waals surface area contributed by atoms with Gasteiger partial charge in [0.1, 0.15) is 6.17 Å². The van der Waals surface area contributed by atoms with Gasteiger partial charge in [-0.15, -0.1) is 0 Å². The highest BCUT2D eigenvalue weighted by molar-refractivity contribution is 5.92. The Bertz CT molecular complexity index is 931. The third-order valence-corrected chi connectivity index (χ3v) is 4.36. The molecule has 0 radical (unpaired) electrons. The fourth-order valence-corrected chi connectivity index (χ4v) is 3.16. The smallest absolute Gasteiger partial charge is 0.244 e. The number of aromatic nitrogens is 2. The Balaban J connectivity index is 1.47. The molecule has 0 saturated heterocycles. The molecule has 1 aromatic heterocycles. The second kappa shape index (κ2) is 5.92. The highest BCUT2D eigenvalue weighted by atomic mass is 19.1. The van der Waals surface area contributed by atoms with Gasteiger partial charge in [-0.1, -0.05) is 36.4 Å². The largest absolute Gasteiger partial charge is 0.346 e. The average molecular weight is 321 g/mol. The topological polar surface area (TPSA) is 57.8 Å². The van der Waals surface area contributed by atoms with Crippen molar-refractivity contribution in [2.75, 3.05) is 0 Å². The minimum Gasteiger partial charge on any atom is -0.346 e. The summed E-state index contributed by atoms with van der Waals surface area (Å²) in [6.07, 6.45) is 4.24. The summed E-state index contributed by atoms with van der Waals surface area (Å²) in [6.45, 7) is 0. The lowest BCUT2D eigenvalue weighted by atomic mass is 10.1. The molecule has 1 heterocycles. The number of H-pyrrole nitrogens is 1. The first kappa shape index (κ1) is 14.6. The minimum absolute atomic E-state index is 0.228. The lowest BCUT2D eigenvalue weighted by Gasteiger charge is -2.12. The molecule has 0 aliphatic heterocycles. The highest BCUT2D eigenvalue weighted by Gasteiger charge is 2.30. The van der Waals surface area contributed by atoms with Gasteiger partial charge in [0.25, 0.3) is 0 Å². The fraction of sp³-hybridized carbons (Fsp3) is 0.158. The van der Waals surface area contributed by atoms with E-state index in [4.69, 9.17) is 0 Å². The van der Waals surface area contributed by atoms with E-state index in [1.165, 1.54) is 6.08 Å². The minimum atomic E-state index is -1.02. The van der Waals surface area contributed by atoms with E-state index in [2.05, 4.69) is 15.5 Å². The molecule has 2 N–H and O–H groups in total. The van der Waals surface area contributed by atoms with Crippen molar-refractivity contribution in [3.8, 4) is 0 Å². The van der Waals surface area contributed by atoms with E-state index < -0.39 is 6.17 Å². The second-order valence-corrected chi connectivity index (χ2v) is 5.94. The molecule has 2 atom stereocenters. The molecule has 4 nitrogen and oxygen atoms in total. The molecule has 1 aliphatic rings. The maximum atomic E-state index is 14.0. The molecule has 3 aromatic rings. The van der Waals surface area contributed by atoms with Crippen LogP contribution in [0.5, 0.6) is 0 Å². The van der Waals surface area contributed by atoms with Crippen molar-refractivity contribution in [3.05, 3.63) is 71.4 Å². The van der Waals surface area contributed by atoms with Crippen molar-refractivity contribution in [2.24, 2.45) is 0 Å². The number of amides is 1. The molecule has 0 spiro atoms. The van der Waals surface area contributed by atoms with Crippen LogP contribution in [0.25, 0.3) is 17.0 Å². The van der Waals surface area contributed by atoms with Gasteiger partial charge in [0.15, 0.2) is 0 Å². The van der Waals surface area contributed by atoms with Crippen LogP contribution in [0.3, 0.4) is 0 Å². The van der Waals surface area contributed by atoms with Gasteiger partial charge in [-0.05, 0) is 28.8 Å². The maximum absolute atomic E-state index is 14.0. The van der Waals surface area contributed by atoms with Gasteiger partial charge >= 0.3 is 0 Å². The van der Waals surface area contributed by atoms with Gasteiger partial charge in [-0.2, -0.15) is 5.10 Å². The van der Waals surface area contributed by atoms with Gasteiger partial charge in [-0.25, -0.2) is 4.39 Å². The molecular weight excluding hydrogens is 305 g/mol. The number of benzene rings is 2. The van der Waals surface area contributed by atoms with Crippen LogP contribution in [0.4, 0.5) is 4.39 Å². The number of carbonyl (C=O) groups is 1. The Labute approximate surface area is 138 Å². The summed E-state index contributed by atoms with van der Waals surface area (Å²) in [7, 11) is 0. The van der Waals surface area contributed by atoms with Crippen LogP contribution >= 0.6 is 0 Å². The zero-order valence-electron chi connectivity index (χ0n) is 12.9. The first-order valence-electron chi connectivity index (χ1n) is 7.85. The SMILES string of the molecule is O=C(C=Cc1ccc2cn[nH]c2c1)N[C@@H]1C[C@H](F)c2ccccc21. The second-order valence-electron chi connectivity index (χ2n) is 5.94. The van der Waals surface area contributed by atoms with Crippen molar-refractivity contribution in [2.45, 2.75) is 18.6 Å². The molecule has 0 unspecified atom stereocenters. The summed E-state index contributed by atoms with van der Waals surface area (Å²) in [6, 6.07) is 12.9. The zero-order valence-corrected chi connectivity index (χ0v) is 12.9. The van der Waals surface area contributed by atoms with E-state index in [1.54, 1.807) is 18.3 Å². The normalized spacial score (nSPS) is 19.7. The lowest BCUT2D eigenvalue weighted by Crippen LogP contribution is -2.25. The number of aromatic amines is 1. The van der Waals surface area contributed by atoms with E-state index in [1.807, 2.05) is 36.4 Å². The number of hydrogen-bond donors (Lipinski definition) is 2. The van der Waals surface area contributed by atoms with Crippen LogP contribution in [0.1, 0.15) is 35.3 Å². The van der Waals surface area contributed by atoms with E-state index in [9.17, 15) is 9.18 Å². The maximum Gasteiger partial charge on any atom is 0.244 e. The van der Waals surface area contributed by atoms with Crippen LogP contribution in [0, 0.1) is 0 Å². The predicted octanol–water partition coefficient (Wildman–Crippen LogP) is 3.85. The van der Waals surface area contributed by atoms with E-state index in [0.29, 0.717) is 12.0 Å². The van der Waals surface area contributed by atoms with Crippen molar-refractivity contribution in [3.63, 3.8) is 0 Å². The van der Waals surface area contributed by atoms with Crippen LogP contribution in [0.15, 0.2) is 54.7 Å². The summed E-state index contributed by atoms with van der Waals surface area (Å²) in [5, 5.41) is 10.8. The van der Waals surface area contributed by atoms with Gasteiger partial charge in [-0.3, -0.25) is 9.89 Å². The first-order valence-corrected chi connectivity index (χ1v) is 7.85. The van der Waals surface area contributed by atoms with Crippen molar-refractivity contribution >= 4 is 22.9 Å². The Morgan fingerprint density at radius 2 is 2.08 bits per heavy atom. The average Bonchev–Trinajstić information content (AvgIpc) is 3.18. The standard InChI is InChI=1S/C19H16FN3O/c20-16-10-18(15-4-2-1-3-14(15)16)22-19(24)8-6-12-5-7-13-11-21-23-17(13)9-12/h1-9,11,16,18H,10H2,(H,21,23)(H,22,24)/t16-,18+/m0/s1. The molecular formula is C19H16FN3O. The Morgan fingerprint density at radius 3 is 2.96 bits per heavy atom. The molecule has 0 fully saturated rings. The van der Waals surface area contributed by atoms with Crippen LogP contribution < -0.4 is 5.32 Å². The zero-order chi connectivity index (χ0) is 16.5. The van der Waals surface area contributed by atoms with Crippen LogP contribution in [0.2, 0.25) is 0 Å². The molecule has 0 saturated carbocycles. The van der Waals surface area contributed by atoms with Gasteiger partial charge in [0.05, 0.1) is 17.8 Å². The molecule has 1 amide bonds. The number of rotatable bonds is 3. The molecule has 24 heavy (non-hydrogen) atoms. The Kier molecular flexibility index (Phi) is 3.61. The van der Waals surface area contributed by atoms with Gasteiger partial charge in [0.2, 0.25) is 5.91 Å². The molecule has 4 rings (SSSR count). The summed E-state index contributed by atoms with van der Waals surface area (Å²) < 4.78 is 14.0. The van der Waals surface area contributed by atoms with E-state index in [-0.39, 0.29) is 11.9 Å². The first-order chi connectivity index (χ1) is 11.7. The van der Waals surface area contributed by atoms with Crippen LogP contribution in [-0.4, -0.2) is 16.1 Å². The fourth-order valence-electron chi connectivity index (χ4n) is 3.16. The summed E-state index contributed by atoms with van der Waals surface area (Å²) in [5.74, 6) is -0.228. The molecule has 5 heteroatoms. The number of halogens is 1. The Morgan fingerprint density at radius 1 is 1.25 bits per heavy atom. The van der Waals surface area contributed by atoms with E-state index >= 15 is 0 Å². The van der Waals surface area contributed by atoms with Crippen molar-refractivity contribution in [1.29, 1.82) is 0 Å². The number of nitrogens with zero attached hydrogens (tertiary/aromatic N) is 1. The number of alkyl halides is 1. The number of nitrogens with one attached hydrogen (secondary N) is 2. The third kappa shape index (κ3) is 2.69. The number of hydrogen-bond acceptors (Lipinski definition) is 2. The van der Waals surface area contributed by atoms with Crippen molar-refractivity contribution in [1.82, 2.24) is 15.5 Å². The summed E-state index contributed by atoms with van der Waals surface area (Å²) in [5.41, 5.74) is 3.36. The lowest BCUT2D eigenvalue weighted by molar-refractivity contribution is -0.117. The van der Waals surface area contributed by atoms with Gasteiger partial charge in [0, 0.05) is 17.9 Å².